The summed E-state index contributed by atoms with van der Waals surface area (Å²) in [5, 5.41) is 2.83. The van der Waals surface area contributed by atoms with Crippen molar-refractivity contribution in [2.75, 3.05) is 35.1 Å². The van der Waals surface area contributed by atoms with Gasteiger partial charge in [0.05, 0.1) is 12.8 Å². The van der Waals surface area contributed by atoms with Gasteiger partial charge >= 0.3 is 0 Å². The zero-order valence-electron chi connectivity index (χ0n) is 18.7. The van der Waals surface area contributed by atoms with Crippen molar-refractivity contribution in [3.05, 3.63) is 77.9 Å². The number of hydrogen-bond donors (Lipinski definition) is 2. The minimum atomic E-state index is -3.91. The number of benzene rings is 3. The Bertz CT molecular complexity index is 1250. The Morgan fingerprint density at radius 2 is 1.64 bits per heavy atom. The van der Waals surface area contributed by atoms with E-state index in [1.54, 1.807) is 55.6 Å². The molecule has 0 atom stereocenters. The second kappa shape index (κ2) is 9.54. The Morgan fingerprint density at radius 1 is 0.939 bits per heavy atom. The van der Waals surface area contributed by atoms with E-state index in [1.807, 2.05) is 19.1 Å². The number of ether oxygens (including phenoxy) is 1. The first-order valence-electron chi connectivity index (χ1n) is 10.8. The highest BCUT2D eigenvalue weighted by molar-refractivity contribution is 7.92. The van der Waals surface area contributed by atoms with E-state index in [9.17, 15) is 13.2 Å². The highest BCUT2D eigenvalue weighted by Gasteiger charge is 2.25. The Balaban J connectivity index is 1.66. The fraction of sp³-hybridized carbons (Fsp3) is 0.240. The summed E-state index contributed by atoms with van der Waals surface area (Å²) in [6, 6.07) is 19.0. The maximum absolute atomic E-state index is 13.4. The monoisotopic (exact) mass is 465 g/mol. The SMILES string of the molecule is COc1ccc(NS(=O)(=O)c2cc(NC(=O)c3cccc(C)c3)ccc2N2CCCC2)cc1. The number of rotatable bonds is 7. The van der Waals surface area contributed by atoms with E-state index < -0.39 is 10.0 Å². The molecule has 1 amide bonds. The number of hydrogen-bond acceptors (Lipinski definition) is 5. The van der Waals surface area contributed by atoms with Gasteiger partial charge in [-0.2, -0.15) is 0 Å². The maximum atomic E-state index is 13.4. The summed E-state index contributed by atoms with van der Waals surface area (Å²) in [6.45, 7) is 3.50. The molecule has 1 aliphatic rings. The van der Waals surface area contributed by atoms with E-state index in [0.717, 1.165) is 31.5 Å². The molecule has 172 valence electrons. The average molecular weight is 466 g/mol. The maximum Gasteiger partial charge on any atom is 0.264 e. The molecule has 0 aromatic heterocycles. The topological polar surface area (TPSA) is 87.7 Å². The number of carbonyl (C=O) groups excluding carboxylic acids is 1. The minimum Gasteiger partial charge on any atom is -0.497 e. The molecular formula is C25H27N3O4S. The summed E-state index contributed by atoms with van der Waals surface area (Å²) < 4.78 is 34.6. The van der Waals surface area contributed by atoms with Crippen LogP contribution in [0.2, 0.25) is 0 Å². The van der Waals surface area contributed by atoms with Crippen molar-refractivity contribution >= 4 is 33.0 Å². The van der Waals surface area contributed by atoms with Crippen molar-refractivity contribution in [3.8, 4) is 5.75 Å². The fourth-order valence-corrected chi connectivity index (χ4v) is 5.20. The standard InChI is InChI=1S/C25H27N3O4S/c1-18-6-5-7-19(16-18)25(29)26-21-10-13-23(28-14-3-4-15-28)24(17-21)33(30,31)27-20-8-11-22(32-2)12-9-20/h5-13,16-17,27H,3-4,14-15H2,1-2H3,(H,26,29). The zero-order chi connectivity index (χ0) is 23.4. The quantitative estimate of drug-likeness (QED) is 0.530. The van der Waals surface area contributed by atoms with Crippen molar-refractivity contribution in [3.63, 3.8) is 0 Å². The number of anilines is 3. The number of aryl methyl sites for hydroxylation is 1. The van der Waals surface area contributed by atoms with Crippen LogP contribution >= 0.6 is 0 Å². The lowest BCUT2D eigenvalue weighted by atomic mass is 10.1. The summed E-state index contributed by atoms with van der Waals surface area (Å²) in [7, 11) is -2.36. The van der Waals surface area contributed by atoms with Crippen LogP contribution < -0.4 is 19.7 Å². The molecule has 0 bridgehead atoms. The average Bonchev–Trinajstić information content (AvgIpc) is 3.34. The van der Waals surface area contributed by atoms with Crippen LogP contribution in [0.1, 0.15) is 28.8 Å². The number of nitrogens with one attached hydrogen (secondary N) is 2. The first-order valence-corrected chi connectivity index (χ1v) is 12.3. The van der Waals surface area contributed by atoms with E-state index >= 15 is 0 Å². The van der Waals surface area contributed by atoms with Gasteiger partial charge in [0.15, 0.2) is 0 Å². The molecule has 8 heteroatoms. The number of nitrogens with zero attached hydrogens (tertiary/aromatic N) is 1. The predicted octanol–water partition coefficient (Wildman–Crippen LogP) is 4.66. The van der Waals surface area contributed by atoms with Crippen LogP contribution in [0.3, 0.4) is 0 Å². The molecule has 0 unspecified atom stereocenters. The molecule has 1 aliphatic heterocycles. The third-order valence-corrected chi connectivity index (χ3v) is 6.99. The third-order valence-electron chi connectivity index (χ3n) is 5.58. The molecule has 3 aromatic carbocycles. The second-order valence-corrected chi connectivity index (χ2v) is 9.69. The highest BCUT2D eigenvalue weighted by atomic mass is 32.2. The van der Waals surface area contributed by atoms with Crippen LogP contribution in [-0.2, 0) is 10.0 Å². The van der Waals surface area contributed by atoms with E-state index in [1.165, 1.54) is 6.07 Å². The Kier molecular flexibility index (Phi) is 6.55. The van der Waals surface area contributed by atoms with E-state index in [2.05, 4.69) is 14.9 Å². The van der Waals surface area contributed by atoms with Gasteiger partial charge in [0, 0.05) is 30.0 Å². The van der Waals surface area contributed by atoms with Crippen LogP contribution in [0.4, 0.5) is 17.1 Å². The first-order chi connectivity index (χ1) is 15.9. The number of sulfonamides is 1. The first kappa shape index (κ1) is 22.7. The van der Waals surface area contributed by atoms with Crippen molar-refractivity contribution in [1.82, 2.24) is 0 Å². The van der Waals surface area contributed by atoms with Gasteiger partial charge in [0.1, 0.15) is 10.6 Å². The lowest BCUT2D eigenvalue weighted by Gasteiger charge is -2.22. The lowest BCUT2D eigenvalue weighted by Crippen LogP contribution is -2.23. The molecule has 0 spiro atoms. The molecule has 0 saturated carbocycles. The zero-order valence-corrected chi connectivity index (χ0v) is 19.5. The van der Waals surface area contributed by atoms with Crippen molar-refractivity contribution in [2.45, 2.75) is 24.7 Å². The summed E-state index contributed by atoms with van der Waals surface area (Å²) in [6.07, 6.45) is 2.02. The number of methoxy groups -OCH3 is 1. The van der Waals surface area contributed by atoms with Crippen molar-refractivity contribution in [1.29, 1.82) is 0 Å². The van der Waals surface area contributed by atoms with Crippen LogP contribution in [0.5, 0.6) is 5.75 Å². The van der Waals surface area contributed by atoms with Gasteiger partial charge in [0.25, 0.3) is 15.9 Å². The van der Waals surface area contributed by atoms with Crippen molar-refractivity contribution < 1.29 is 17.9 Å². The van der Waals surface area contributed by atoms with Gasteiger partial charge in [-0.25, -0.2) is 8.42 Å². The van der Waals surface area contributed by atoms with Crippen LogP contribution in [0.15, 0.2) is 71.6 Å². The molecule has 0 radical (unpaired) electrons. The largest absolute Gasteiger partial charge is 0.497 e. The summed E-state index contributed by atoms with van der Waals surface area (Å²) >= 11 is 0. The Hall–Kier alpha value is -3.52. The van der Waals surface area contributed by atoms with Crippen LogP contribution in [0, 0.1) is 6.92 Å². The molecule has 3 aromatic rings. The van der Waals surface area contributed by atoms with Gasteiger partial charge in [0.2, 0.25) is 0 Å². The van der Waals surface area contributed by atoms with E-state index in [-0.39, 0.29) is 10.8 Å². The lowest BCUT2D eigenvalue weighted by molar-refractivity contribution is 0.102. The van der Waals surface area contributed by atoms with Gasteiger partial charge in [-0.1, -0.05) is 17.7 Å². The third kappa shape index (κ3) is 5.28. The minimum absolute atomic E-state index is 0.127. The summed E-state index contributed by atoms with van der Waals surface area (Å²) in [5.41, 5.74) is 2.96. The molecule has 4 rings (SSSR count). The molecule has 1 fully saturated rings. The van der Waals surface area contributed by atoms with Gasteiger partial charge in [-0.3, -0.25) is 9.52 Å². The second-order valence-electron chi connectivity index (χ2n) is 8.03. The molecular weight excluding hydrogens is 438 g/mol. The normalized spacial score (nSPS) is 13.6. The van der Waals surface area contributed by atoms with E-state index in [4.69, 9.17) is 4.74 Å². The van der Waals surface area contributed by atoms with Gasteiger partial charge in [-0.15, -0.1) is 0 Å². The molecule has 1 heterocycles. The van der Waals surface area contributed by atoms with Crippen molar-refractivity contribution in [2.24, 2.45) is 0 Å². The van der Waals surface area contributed by atoms with Crippen LogP contribution in [-0.4, -0.2) is 34.5 Å². The van der Waals surface area contributed by atoms with Gasteiger partial charge < -0.3 is 15.0 Å². The van der Waals surface area contributed by atoms with E-state index in [0.29, 0.717) is 28.4 Å². The van der Waals surface area contributed by atoms with Crippen LogP contribution in [0.25, 0.3) is 0 Å². The summed E-state index contributed by atoms with van der Waals surface area (Å²) in [5.74, 6) is 0.343. The number of amides is 1. The molecule has 2 N–H and O–H groups in total. The smallest absolute Gasteiger partial charge is 0.264 e. The fourth-order valence-electron chi connectivity index (χ4n) is 3.89. The summed E-state index contributed by atoms with van der Waals surface area (Å²) in [4.78, 5) is 14.9. The number of carbonyl (C=O) groups is 1. The van der Waals surface area contributed by atoms with Gasteiger partial charge in [-0.05, 0) is 74.4 Å². The predicted molar refractivity (Wildman–Crippen MR) is 131 cm³/mol. The highest BCUT2D eigenvalue weighted by Crippen LogP contribution is 2.32. The Labute approximate surface area is 194 Å². The molecule has 1 saturated heterocycles. The molecule has 7 nitrogen and oxygen atoms in total. The Morgan fingerprint density at radius 3 is 2.30 bits per heavy atom. The molecule has 33 heavy (non-hydrogen) atoms. The molecule has 0 aliphatic carbocycles.